The molecule has 0 heterocycles. The summed E-state index contributed by atoms with van der Waals surface area (Å²) in [5.41, 5.74) is 3.29. The Morgan fingerprint density at radius 3 is 2.33 bits per heavy atom. The number of benzene rings is 3. The van der Waals surface area contributed by atoms with E-state index in [1.165, 1.54) is 17.5 Å². The Kier molecular flexibility index (Phi) is 12.2. The van der Waals surface area contributed by atoms with Crippen LogP contribution in [0.25, 0.3) is 0 Å². The third-order valence-corrected chi connectivity index (χ3v) is 8.32. The van der Waals surface area contributed by atoms with Crippen LogP contribution in [0.5, 0.6) is 5.75 Å². The summed E-state index contributed by atoms with van der Waals surface area (Å²) < 4.78 is 31.8. The van der Waals surface area contributed by atoms with Gasteiger partial charge in [-0.3, -0.25) is 13.9 Å². The summed E-state index contributed by atoms with van der Waals surface area (Å²) in [7, 11) is -2.18. The largest absolute Gasteiger partial charge is 0.495 e. The number of methoxy groups -OCH3 is 1. The van der Waals surface area contributed by atoms with E-state index < -0.39 is 16.1 Å². The van der Waals surface area contributed by atoms with Gasteiger partial charge in [0.2, 0.25) is 21.8 Å². The predicted octanol–water partition coefficient (Wildman–Crippen LogP) is 5.37. The number of aryl methyl sites for hydroxylation is 1. The van der Waals surface area contributed by atoms with Gasteiger partial charge in [-0.2, -0.15) is 0 Å². The highest BCUT2D eigenvalue weighted by Gasteiger charge is 2.30. The van der Waals surface area contributed by atoms with E-state index >= 15 is 0 Å². The molecular formula is C32H40ClN3O5S. The molecule has 10 heteroatoms. The van der Waals surface area contributed by atoms with E-state index in [-0.39, 0.29) is 42.8 Å². The average Bonchev–Trinajstić information content (AvgIpc) is 2.95. The topological polar surface area (TPSA) is 96.0 Å². The molecule has 226 valence electrons. The molecule has 0 spiro atoms. The number of nitrogens with one attached hydrogen (secondary N) is 1. The van der Waals surface area contributed by atoms with Crippen LogP contribution in [-0.2, 0) is 32.6 Å². The van der Waals surface area contributed by atoms with Crippen LogP contribution in [-0.4, -0.2) is 57.6 Å². The molecule has 0 aromatic heterocycles. The Morgan fingerprint density at radius 2 is 1.71 bits per heavy atom. The minimum absolute atomic E-state index is 0.0497. The Labute approximate surface area is 254 Å². The molecule has 0 aliphatic rings. The molecule has 2 amide bonds. The molecule has 1 N–H and O–H groups in total. The number of carbonyl (C=O) groups is 2. The van der Waals surface area contributed by atoms with Crippen LogP contribution in [0.4, 0.5) is 5.69 Å². The molecule has 8 nitrogen and oxygen atoms in total. The first-order valence-corrected chi connectivity index (χ1v) is 16.2. The fraction of sp³-hybridized carbons (Fsp3) is 0.375. The number of amides is 2. The van der Waals surface area contributed by atoms with Crippen molar-refractivity contribution >= 4 is 39.1 Å². The summed E-state index contributed by atoms with van der Waals surface area (Å²) in [5, 5.41) is 3.26. The summed E-state index contributed by atoms with van der Waals surface area (Å²) in [6, 6.07) is 21.5. The molecule has 42 heavy (non-hydrogen) atoms. The molecule has 0 aliphatic carbocycles. The van der Waals surface area contributed by atoms with Crippen molar-refractivity contribution in [3.8, 4) is 5.75 Å². The van der Waals surface area contributed by atoms with E-state index in [0.29, 0.717) is 24.4 Å². The standard InChI is InChI=1S/C32H40ClN3O5S/c1-5-18-34-32(38)29(21-25-12-7-6-8-13-25)35(23-26-14-9-11-24(2)20-26)31(37)15-10-19-36(42(4,39)40)27-16-17-30(41-3)28(33)22-27/h6-9,11-14,16-17,20,22,29H,5,10,15,18-19,21,23H2,1-4H3,(H,34,38)/t29-/m0/s1. The highest BCUT2D eigenvalue weighted by atomic mass is 35.5. The molecule has 0 aliphatic heterocycles. The Morgan fingerprint density at radius 1 is 1.00 bits per heavy atom. The maximum Gasteiger partial charge on any atom is 0.243 e. The van der Waals surface area contributed by atoms with Crippen molar-refractivity contribution in [3.05, 3.63) is 94.5 Å². The first-order valence-electron chi connectivity index (χ1n) is 14.0. The van der Waals surface area contributed by atoms with Crippen LogP contribution in [0.3, 0.4) is 0 Å². The molecule has 0 radical (unpaired) electrons. The highest BCUT2D eigenvalue weighted by Crippen LogP contribution is 2.30. The number of sulfonamides is 1. The molecular weight excluding hydrogens is 574 g/mol. The van der Waals surface area contributed by atoms with Gasteiger partial charge in [0.05, 0.1) is 24.1 Å². The number of halogens is 1. The Bertz CT molecular complexity index is 1450. The van der Waals surface area contributed by atoms with Gasteiger partial charge in [0.25, 0.3) is 0 Å². The molecule has 0 saturated heterocycles. The number of anilines is 1. The lowest BCUT2D eigenvalue weighted by atomic mass is 10.0. The molecule has 0 unspecified atom stereocenters. The summed E-state index contributed by atoms with van der Waals surface area (Å²) in [5.74, 6) is -0.0145. The predicted molar refractivity (Wildman–Crippen MR) is 168 cm³/mol. The molecule has 3 rings (SSSR count). The number of rotatable bonds is 15. The lowest BCUT2D eigenvalue weighted by molar-refractivity contribution is -0.141. The maximum atomic E-state index is 13.9. The van der Waals surface area contributed by atoms with Gasteiger partial charge in [-0.05, 0) is 49.1 Å². The van der Waals surface area contributed by atoms with Crippen LogP contribution in [0, 0.1) is 6.92 Å². The van der Waals surface area contributed by atoms with Crippen molar-refractivity contribution in [2.75, 3.05) is 30.8 Å². The SMILES string of the molecule is CCCNC(=O)[C@H](Cc1ccccc1)N(Cc1cccc(C)c1)C(=O)CCCN(c1ccc(OC)c(Cl)c1)S(C)(=O)=O. The second-order valence-electron chi connectivity index (χ2n) is 10.3. The van der Waals surface area contributed by atoms with Crippen molar-refractivity contribution in [3.63, 3.8) is 0 Å². The van der Waals surface area contributed by atoms with Gasteiger partial charge in [0, 0.05) is 32.5 Å². The quantitative estimate of drug-likeness (QED) is 0.249. The van der Waals surface area contributed by atoms with Gasteiger partial charge in [0.15, 0.2) is 0 Å². The van der Waals surface area contributed by atoms with Gasteiger partial charge in [-0.15, -0.1) is 0 Å². The number of ether oxygens (including phenoxy) is 1. The van der Waals surface area contributed by atoms with Crippen LogP contribution in [0.1, 0.15) is 42.9 Å². The van der Waals surface area contributed by atoms with Gasteiger partial charge in [-0.1, -0.05) is 78.7 Å². The zero-order valence-electron chi connectivity index (χ0n) is 24.7. The van der Waals surface area contributed by atoms with Crippen LogP contribution >= 0.6 is 11.6 Å². The third-order valence-electron chi connectivity index (χ3n) is 6.83. The summed E-state index contributed by atoms with van der Waals surface area (Å²) in [6.07, 6.45) is 2.54. The first kappa shape index (κ1) is 32.9. The average molecular weight is 614 g/mol. The smallest absolute Gasteiger partial charge is 0.243 e. The lowest BCUT2D eigenvalue weighted by Crippen LogP contribution is -2.50. The maximum absolute atomic E-state index is 13.9. The van der Waals surface area contributed by atoms with E-state index in [1.807, 2.05) is 68.4 Å². The van der Waals surface area contributed by atoms with Crippen LogP contribution in [0.2, 0.25) is 5.02 Å². The lowest BCUT2D eigenvalue weighted by Gasteiger charge is -2.32. The van der Waals surface area contributed by atoms with Crippen molar-refractivity contribution in [1.82, 2.24) is 10.2 Å². The van der Waals surface area contributed by atoms with E-state index in [0.717, 1.165) is 29.4 Å². The minimum atomic E-state index is -3.66. The Balaban J connectivity index is 1.87. The zero-order valence-corrected chi connectivity index (χ0v) is 26.2. The molecule has 1 atom stereocenters. The Hall–Kier alpha value is -3.56. The molecule has 0 saturated carbocycles. The first-order chi connectivity index (χ1) is 20.0. The number of hydrogen-bond acceptors (Lipinski definition) is 5. The fourth-order valence-electron chi connectivity index (χ4n) is 4.74. The third kappa shape index (κ3) is 9.49. The van der Waals surface area contributed by atoms with Crippen molar-refractivity contribution in [1.29, 1.82) is 0 Å². The monoisotopic (exact) mass is 613 g/mol. The summed E-state index contributed by atoms with van der Waals surface area (Å²) >= 11 is 6.26. The number of hydrogen-bond donors (Lipinski definition) is 1. The van der Waals surface area contributed by atoms with Gasteiger partial charge < -0.3 is 15.0 Å². The number of carbonyl (C=O) groups excluding carboxylic acids is 2. The van der Waals surface area contributed by atoms with Gasteiger partial charge in [-0.25, -0.2) is 8.42 Å². The van der Waals surface area contributed by atoms with Gasteiger partial charge in [0.1, 0.15) is 11.8 Å². The van der Waals surface area contributed by atoms with E-state index in [4.69, 9.17) is 16.3 Å². The van der Waals surface area contributed by atoms with Crippen molar-refractivity contribution < 1.29 is 22.7 Å². The van der Waals surface area contributed by atoms with E-state index in [2.05, 4.69) is 5.32 Å². The molecule has 3 aromatic rings. The van der Waals surface area contributed by atoms with Crippen molar-refractivity contribution in [2.24, 2.45) is 0 Å². The van der Waals surface area contributed by atoms with Crippen LogP contribution < -0.4 is 14.4 Å². The zero-order chi connectivity index (χ0) is 30.7. The summed E-state index contributed by atoms with van der Waals surface area (Å²) in [4.78, 5) is 29.0. The van der Waals surface area contributed by atoms with Crippen LogP contribution in [0.15, 0.2) is 72.8 Å². The normalized spacial score (nSPS) is 11.9. The minimum Gasteiger partial charge on any atom is -0.495 e. The molecule has 0 fully saturated rings. The van der Waals surface area contributed by atoms with Gasteiger partial charge >= 0.3 is 0 Å². The van der Waals surface area contributed by atoms with E-state index in [1.54, 1.807) is 17.0 Å². The summed E-state index contributed by atoms with van der Waals surface area (Å²) in [6.45, 7) is 4.78. The fourth-order valence-corrected chi connectivity index (χ4v) is 5.95. The highest BCUT2D eigenvalue weighted by molar-refractivity contribution is 7.92. The molecule has 3 aromatic carbocycles. The molecule has 0 bridgehead atoms. The van der Waals surface area contributed by atoms with E-state index in [9.17, 15) is 18.0 Å². The van der Waals surface area contributed by atoms with Crippen molar-refractivity contribution in [2.45, 2.75) is 52.1 Å². The second-order valence-corrected chi connectivity index (χ2v) is 12.6. The second kappa shape index (κ2) is 15.6. The number of nitrogens with zero attached hydrogens (tertiary/aromatic N) is 2.